The molecule has 2 aromatic heterocycles. The zero-order valence-corrected chi connectivity index (χ0v) is 17.1. The molecule has 0 saturated carbocycles. The van der Waals surface area contributed by atoms with Crippen molar-refractivity contribution in [3.63, 3.8) is 0 Å². The lowest BCUT2D eigenvalue weighted by Gasteiger charge is -2.35. The summed E-state index contributed by atoms with van der Waals surface area (Å²) < 4.78 is 2.00. The van der Waals surface area contributed by atoms with E-state index in [2.05, 4.69) is 20.6 Å². The second kappa shape index (κ2) is 8.40. The van der Waals surface area contributed by atoms with E-state index in [0.717, 1.165) is 16.6 Å². The Kier molecular flexibility index (Phi) is 5.51. The van der Waals surface area contributed by atoms with Crippen LogP contribution >= 0.6 is 0 Å². The molecule has 3 aromatic rings. The highest BCUT2D eigenvalue weighted by Crippen LogP contribution is 2.24. The van der Waals surface area contributed by atoms with Crippen molar-refractivity contribution >= 4 is 34.5 Å². The number of piperazine rings is 1. The monoisotopic (exact) mass is 407 g/mol. The zero-order chi connectivity index (χ0) is 21.1. The summed E-state index contributed by atoms with van der Waals surface area (Å²) in [6.45, 7) is 4.07. The van der Waals surface area contributed by atoms with Crippen LogP contribution in [0.3, 0.4) is 0 Å². The number of nitrogens with one attached hydrogen (secondary N) is 2. The Labute approximate surface area is 174 Å². The molecule has 1 fully saturated rings. The van der Waals surface area contributed by atoms with Crippen molar-refractivity contribution in [3.8, 4) is 0 Å². The number of fused-ring (bicyclic) bond motifs is 1. The number of aryl methyl sites for hydroxylation is 1. The number of amides is 3. The Hall–Kier alpha value is -3.62. The van der Waals surface area contributed by atoms with Gasteiger partial charge in [0.1, 0.15) is 6.04 Å². The summed E-state index contributed by atoms with van der Waals surface area (Å²) in [5, 5.41) is 6.69. The van der Waals surface area contributed by atoms with Crippen molar-refractivity contribution in [1.29, 1.82) is 0 Å². The van der Waals surface area contributed by atoms with Gasteiger partial charge in [0.25, 0.3) is 0 Å². The van der Waals surface area contributed by atoms with Crippen LogP contribution in [-0.4, -0.2) is 63.6 Å². The van der Waals surface area contributed by atoms with Crippen molar-refractivity contribution in [2.75, 3.05) is 36.4 Å². The average Bonchev–Trinajstić information content (AvgIpc) is 3.16. The minimum atomic E-state index is -0.660. The number of anilines is 2. The van der Waals surface area contributed by atoms with E-state index in [1.807, 2.05) is 47.0 Å². The predicted molar refractivity (Wildman–Crippen MR) is 115 cm³/mol. The van der Waals surface area contributed by atoms with Crippen LogP contribution in [0.5, 0.6) is 0 Å². The smallest absolute Gasteiger partial charge is 0.318 e. The van der Waals surface area contributed by atoms with Gasteiger partial charge >= 0.3 is 6.03 Å². The van der Waals surface area contributed by atoms with Crippen molar-refractivity contribution in [3.05, 3.63) is 48.9 Å². The van der Waals surface area contributed by atoms with Crippen molar-refractivity contribution < 1.29 is 9.59 Å². The molecule has 9 nitrogen and oxygen atoms in total. The van der Waals surface area contributed by atoms with Crippen LogP contribution in [0.15, 0.2) is 48.9 Å². The molecule has 0 aliphatic carbocycles. The molecule has 1 aliphatic rings. The number of rotatable bonds is 4. The van der Waals surface area contributed by atoms with Crippen LogP contribution < -0.4 is 15.5 Å². The summed E-state index contributed by atoms with van der Waals surface area (Å²) in [6, 6.07) is 8.59. The Morgan fingerprint density at radius 3 is 2.50 bits per heavy atom. The normalized spacial score (nSPS) is 15.1. The third-order valence-electron chi connectivity index (χ3n) is 5.32. The molecule has 156 valence electrons. The third kappa shape index (κ3) is 4.05. The molecule has 0 radical (unpaired) electrons. The van der Waals surface area contributed by atoms with E-state index >= 15 is 0 Å². The molecule has 2 N–H and O–H groups in total. The summed E-state index contributed by atoms with van der Waals surface area (Å²) >= 11 is 0. The summed E-state index contributed by atoms with van der Waals surface area (Å²) in [4.78, 5) is 37.5. The lowest BCUT2D eigenvalue weighted by atomic mass is 10.2. The highest BCUT2D eigenvalue weighted by Gasteiger charge is 2.25. The highest BCUT2D eigenvalue weighted by molar-refractivity contribution is 6.04. The summed E-state index contributed by atoms with van der Waals surface area (Å²) in [7, 11) is 1.96. The lowest BCUT2D eigenvalue weighted by Crippen LogP contribution is -2.55. The molecule has 4 rings (SSSR count). The topological polar surface area (TPSA) is 95.4 Å². The highest BCUT2D eigenvalue weighted by atomic mass is 16.2. The van der Waals surface area contributed by atoms with Gasteiger partial charge in [-0.1, -0.05) is 6.07 Å². The first-order valence-corrected chi connectivity index (χ1v) is 9.95. The fraction of sp³-hybridized carbons (Fsp3) is 0.333. The standard InChI is InChI=1S/C21H25N7O2/c1-15(19(29)25-17-5-3-6-18-16(17)7-10-26(18)2)24-21(30)28-13-11-27(12-14-28)20-22-8-4-9-23-20/h3-10,15H,11-14H2,1-2H3,(H,24,30)(H,25,29)/t15-/m1/s1. The SMILES string of the molecule is C[C@@H](NC(=O)N1CCN(c2ncccn2)CC1)C(=O)Nc1cccc2c1ccn2C. The maximum absolute atomic E-state index is 12.6. The maximum Gasteiger partial charge on any atom is 0.318 e. The van der Waals surface area contributed by atoms with E-state index in [9.17, 15) is 9.59 Å². The van der Waals surface area contributed by atoms with Gasteiger partial charge in [-0.25, -0.2) is 14.8 Å². The van der Waals surface area contributed by atoms with Gasteiger partial charge in [-0.2, -0.15) is 0 Å². The molecule has 1 saturated heterocycles. The number of urea groups is 1. The van der Waals surface area contributed by atoms with Crippen molar-refractivity contribution in [2.24, 2.45) is 7.05 Å². The number of benzene rings is 1. The number of carbonyl (C=O) groups is 2. The second-order valence-corrected chi connectivity index (χ2v) is 7.35. The fourth-order valence-electron chi connectivity index (χ4n) is 3.56. The van der Waals surface area contributed by atoms with Crippen LogP contribution in [0, 0.1) is 0 Å². The number of carbonyl (C=O) groups excluding carboxylic acids is 2. The second-order valence-electron chi connectivity index (χ2n) is 7.35. The molecule has 0 spiro atoms. The molecule has 1 aliphatic heterocycles. The van der Waals surface area contributed by atoms with Gasteiger partial charge in [0, 0.05) is 62.7 Å². The van der Waals surface area contributed by atoms with Crippen LogP contribution in [0.4, 0.5) is 16.4 Å². The van der Waals surface area contributed by atoms with Gasteiger partial charge in [-0.3, -0.25) is 4.79 Å². The zero-order valence-electron chi connectivity index (χ0n) is 17.1. The van der Waals surface area contributed by atoms with E-state index in [0.29, 0.717) is 32.1 Å². The van der Waals surface area contributed by atoms with Gasteiger partial charge in [-0.15, -0.1) is 0 Å². The molecule has 30 heavy (non-hydrogen) atoms. The summed E-state index contributed by atoms with van der Waals surface area (Å²) in [5.41, 5.74) is 1.76. The molecule has 9 heteroatoms. The van der Waals surface area contributed by atoms with E-state index in [1.165, 1.54) is 0 Å². The first kappa shape index (κ1) is 19.7. The summed E-state index contributed by atoms with van der Waals surface area (Å²) in [6.07, 6.45) is 5.36. The Bertz CT molecular complexity index is 1040. The first-order valence-electron chi connectivity index (χ1n) is 9.95. The molecular formula is C21H25N7O2. The Morgan fingerprint density at radius 1 is 1.03 bits per heavy atom. The average molecular weight is 407 g/mol. The lowest BCUT2D eigenvalue weighted by molar-refractivity contribution is -0.117. The minimum Gasteiger partial charge on any atom is -0.350 e. The number of nitrogens with zero attached hydrogens (tertiary/aromatic N) is 5. The van der Waals surface area contributed by atoms with Crippen LogP contribution in [-0.2, 0) is 11.8 Å². The van der Waals surface area contributed by atoms with E-state index < -0.39 is 6.04 Å². The van der Waals surface area contributed by atoms with Crippen LogP contribution in [0.1, 0.15) is 6.92 Å². The predicted octanol–water partition coefficient (Wildman–Crippen LogP) is 1.83. The van der Waals surface area contributed by atoms with Gasteiger partial charge < -0.3 is 25.0 Å². The van der Waals surface area contributed by atoms with E-state index in [-0.39, 0.29) is 11.9 Å². The van der Waals surface area contributed by atoms with E-state index in [1.54, 1.807) is 30.3 Å². The Morgan fingerprint density at radius 2 is 1.77 bits per heavy atom. The van der Waals surface area contributed by atoms with Crippen molar-refractivity contribution in [1.82, 2.24) is 24.8 Å². The van der Waals surface area contributed by atoms with Gasteiger partial charge in [-0.05, 0) is 31.2 Å². The molecule has 0 bridgehead atoms. The van der Waals surface area contributed by atoms with Gasteiger partial charge in [0.15, 0.2) is 0 Å². The van der Waals surface area contributed by atoms with E-state index in [4.69, 9.17) is 0 Å². The molecule has 3 heterocycles. The molecule has 1 atom stereocenters. The van der Waals surface area contributed by atoms with Crippen LogP contribution in [0.25, 0.3) is 10.9 Å². The largest absolute Gasteiger partial charge is 0.350 e. The van der Waals surface area contributed by atoms with Gasteiger partial charge in [0.05, 0.1) is 5.69 Å². The summed E-state index contributed by atoms with van der Waals surface area (Å²) in [5.74, 6) is 0.413. The quantitative estimate of drug-likeness (QED) is 0.688. The third-order valence-corrected chi connectivity index (χ3v) is 5.32. The molecule has 3 amide bonds. The van der Waals surface area contributed by atoms with Crippen LogP contribution in [0.2, 0.25) is 0 Å². The number of aromatic nitrogens is 3. The van der Waals surface area contributed by atoms with Crippen molar-refractivity contribution in [2.45, 2.75) is 13.0 Å². The maximum atomic E-state index is 12.6. The number of hydrogen-bond acceptors (Lipinski definition) is 5. The molecule has 0 unspecified atom stereocenters. The fourth-order valence-corrected chi connectivity index (χ4v) is 3.56. The van der Waals surface area contributed by atoms with Gasteiger partial charge in [0.2, 0.25) is 11.9 Å². The molecule has 1 aromatic carbocycles. The Balaban J connectivity index is 1.31. The first-order chi connectivity index (χ1) is 14.5. The minimum absolute atomic E-state index is 0.246. The molecular weight excluding hydrogens is 382 g/mol. The number of hydrogen-bond donors (Lipinski definition) is 2.